The Morgan fingerprint density at radius 1 is 1.14 bits per heavy atom. The summed E-state index contributed by atoms with van der Waals surface area (Å²) in [4.78, 5) is 32.3. The fourth-order valence-corrected chi connectivity index (χ4v) is 4.28. The molecule has 1 aliphatic rings. The Labute approximate surface area is 206 Å². The molecular weight excluding hydrogens is 475 g/mol. The highest BCUT2D eigenvalue weighted by atomic mass is 19.2. The van der Waals surface area contributed by atoms with Gasteiger partial charge in [-0.2, -0.15) is 0 Å². The minimum atomic E-state index is -1.32. The minimum Gasteiger partial charge on any atom is -0.468 e. The van der Waals surface area contributed by atoms with E-state index in [4.69, 9.17) is 4.42 Å². The first-order valence-corrected chi connectivity index (χ1v) is 11.5. The second-order valence-corrected chi connectivity index (χ2v) is 9.81. The molecule has 0 saturated carbocycles. The second-order valence-electron chi connectivity index (χ2n) is 9.81. The van der Waals surface area contributed by atoms with Gasteiger partial charge in [-0.25, -0.2) is 18.2 Å². The fraction of sp³-hybridized carbons (Fsp3) is 0.400. The summed E-state index contributed by atoms with van der Waals surface area (Å²) in [5.41, 5.74) is -0.423. The van der Waals surface area contributed by atoms with E-state index in [-0.39, 0.29) is 29.5 Å². The van der Waals surface area contributed by atoms with Gasteiger partial charge in [0, 0.05) is 32.7 Å². The van der Waals surface area contributed by atoms with E-state index in [0.717, 1.165) is 11.8 Å². The number of carbonyl (C=O) groups is 2. The molecule has 0 bridgehead atoms. The molecule has 0 fully saturated rings. The maximum atomic E-state index is 14.7. The first kappa shape index (κ1) is 25.5. The number of furan rings is 1. The molecule has 1 aromatic carbocycles. The molecule has 1 unspecified atom stereocenters. The summed E-state index contributed by atoms with van der Waals surface area (Å²) in [5.74, 6) is -3.80. The number of likely N-dealkylation sites (N-methyl/N-ethyl adjacent to an activating group) is 1. The average Bonchev–Trinajstić information content (AvgIpc) is 3.46. The summed E-state index contributed by atoms with van der Waals surface area (Å²) >= 11 is 0. The Kier molecular flexibility index (Phi) is 6.94. The highest BCUT2D eigenvalue weighted by molar-refractivity contribution is 5.98. The first-order valence-electron chi connectivity index (χ1n) is 11.5. The van der Waals surface area contributed by atoms with Gasteiger partial charge in [-0.1, -0.05) is 20.8 Å². The second kappa shape index (κ2) is 9.81. The molecule has 192 valence electrons. The number of aromatic nitrogens is 2. The monoisotopic (exact) mass is 503 g/mol. The predicted molar refractivity (Wildman–Crippen MR) is 125 cm³/mol. The van der Waals surface area contributed by atoms with Gasteiger partial charge in [0.05, 0.1) is 24.1 Å². The predicted octanol–water partition coefficient (Wildman–Crippen LogP) is 3.47. The molecule has 2 aromatic heterocycles. The first-order chi connectivity index (χ1) is 17.0. The minimum absolute atomic E-state index is 0.0106. The number of nitrogens with zero attached hydrogens (tertiary/aromatic N) is 3. The van der Waals surface area contributed by atoms with E-state index >= 15 is 0 Å². The lowest BCUT2D eigenvalue weighted by atomic mass is 9.86. The van der Waals surface area contributed by atoms with Crippen LogP contribution in [0.2, 0.25) is 0 Å². The van der Waals surface area contributed by atoms with Gasteiger partial charge in [0.1, 0.15) is 23.4 Å². The number of hydrogen-bond donors (Lipinski definition) is 2. The van der Waals surface area contributed by atoms with Crippen LogP contribution < -0.4 is 10.6 Å². The third-order valence-corrected chi connectivity index (χ3v) is 6.16. The van der Waals surface area contributed by atoms with Crippen molar-refractivity contribution in [2.24, 2.45) is 5.41 Å². The van der Waals surface area contributed by atoms with Crippen LogP contribution in [0.15, 0.2) is 34.9 Å². The normalized spacial score (nSPS) is 14.9. The van der Waals surface area contributed by atoms with Gasteiger partial charge in [0.25, 0.3) is 5.91 Å². The molecule has 8 nitrogen and oxygen atoms in total. The Balaban J connectivity index is 1.76. The van der Waals surface area contributed by atoms with E-state index in [0.29, 0.717) is 31.4 Å². The van der Waals surface area contributed by atoms with Crippen molar-refractivity contribution in [1.82, 2.24) is 25.1 Å². The van der Waals surface area contributed by atoms with Crippen LogP contribution in [0.3, 0.4) is 0 Å². The van der Waals surface area contributed by atoms with E-state index in [1.165, 1.54) is 7.05 Å². The van der Waals surface area contributed by atoms with Crippen LogP contribution in [0.4, 0.5) is 13.2 Å². The number of fused-ring (bicyclic) bond motifs is 1. The Bertz CT molecular complexity index is 1280. The molecule has 0 aliphatic carbocycles. The average molecular weight is 504 g/mol. The lowest BCUT2D eigenvalue weighted by Crippen LogP contribution is -2.53. The third kappa shape index (κ3) is 5.01. The largest absolute Gasteiger partial charge is 0.468 e. The summed E-state index contributed by atoms with van der Waals surface area (Å²) in [7, 11) is 1.47. The van der Waals surface area contributed by atoms with Crippen molar-refractivity contribution < 1.29 is 27.2 Å². The standard InChI is InChI=1S/C25H28F3N5O3/c1-25(2,3)21(24(35)29-4)31-23(34)20-19-13-32(12-14-6-5-9-36-14)7-8-33(19)22(30-20)15-10-17(27)18(28)11-16(15)26/h5-6,9-11,21H,7-8,12-13H2,1-4H3,(H,29,35)(H,31,34). The number of benzene rings is 1. The van der Waals surface area contributed by atoms with Gasteiger partial charge in [0.2, 0.25) is 5.91 Å². The quantitative estimate of drug-likeness (QED) is 0.503. The molecule has 1 atom stereocenters. The zero-order chi connectivity index (χ0) is 26.2. The summed E-state index contributed by atoms with van der Waals surface area (Å²) in [5, 5.41) is 5.29. The van der Waals surface area contributed by atoms with Crippen LogP contribution in [0.25, 0.3) is 11.4 Å². The molecule has 0 radical (unpaired) electrons. The van der Waals surface area contributed by atoms with Gasteiger partial charge in [0.15, 0.2) is 17.3 Å². The topological polar surface area (TPSA) is 92.4 Å². The van der Waals surface area contributed by atoms with Crippen molar-refractivity contribution in [3.8, 4) is 11.4 Å². The van der Waals surface area contributed by atoms with Crippen molar-refractivity contribution in [3.05, 3.63) is 65.1 Å². The Morgan fingerprint density at radius 2 is 1.86 bits per heavy atom. The maximum Gasteiger partial charge on any atom is 0.272 e. The summed E-state index contributed by atoms with van der Waals surface area (Å²) < 4.78 is 49.4. The number of nitrogens with one attached hydrogen (secondary N) is 2. The summed E-state index contributed by atoms with van der Waals surface area (Å²) in [6, 6.07) is 3.92. The molecule has 36 heavy (non-hydrogen) atoms. The molecular formula is C25H28F3N5O3. The molecule has 3 aromatic rings. The van der Waals surface area contributed by atoms with E-state index in [9.17, 15) is 22.8 Å². The maximum absolute atomic E-state index is 14.7. The van der Waals surface area contributed by atoms with Crippen LogP contribution in [0, 0.1) is 22.9 Å². The van der Waals surface area contributed by atoms with Gasteiger partial charge in [-0.3, -0.25) is 14.5 Å². The lowest BCUT2D eigenvalue weighted by Gasteiger charge is -2.30. The van der Waals surface area contributed by atoms with Crippen molar-refractivity contribution in [2.75, 3.05) is 13.6 Å². The Morgan fingerprint density at radius 3 is 2.50 bits per heavy atom. The molecule has 11 heteroatoms. The number of carbonyl (C=O) groups excluding carboxylic acids is 2. The molecule has 2 N–H and O–H groups in total. The van der Waals surface area contributed by atoms with Crippen LogP contribution in [-0.4, -0.2) is 45.9 Å². The van der Waals surface area contributed by atoms with Crippen molar-refractivity contribution in [3.63, 3.8) is 0 Å². The highest BCUT2D eigenvalue weighted by Gasteiger charge is 2.35. The number of amides is 2. The van der Waals surface area contributed by atoms with Gasteiger partial charge in [-0.05, 0) is 23.6 Å². The number of hydrogen-bond acceptors (Lipinski definition) is 5. The summed E-state index contributed by atoms with van der Waals surface area (Å²) in [6.07, 6.45) is 1.57. The number of rotatable bonds is 6. The van der Waals surface area contributed by atoms with E-state index in [1.54, 1.807) is 16.9 Å². The molecule has 1 aliphatic heterocycles. The number of imidazole rings is 1. The van der Waals surface area contributed by atoms with Crippen molar-refractivity contribution in [2.45, 2.75) is 46.4 Å². The van der Waals surface area contributed by atoms with E-state index < -0.39 is 34.8 Å². The molecule has 0 saturated heterocycles. The molecule has 2 amide bonds. The zero-order valence-corrected chi connectivity index (χ0v) is 20.5. The van der Waals surface area contributed by atoms with Gasteiger partial charge < -0.3 is 19.6 Å². The third-order valence-electron chi connectivity index (χ3n) is 6.16. The van der Waals surface area contributed by atoms with Crippen LogP contribution in [0.5, 0.6) is 0 Å². The smallest absolute Gasteiger partial charge is 0.272 e. The molecule has 4 rings (SSSR count). The van der Waals surface area contributed by atoms with Crippen molar-refractivity contribution in [1.29, 1.82) is 0 Å². The van der Waals surface area contributed by atoms with Gasteiger partial charge in [-0.15, -0.1) is 0 Å². The number of halogens is 3. The van der Waals surface area contributed by atoms with Crippen LogP contribution >= 0.6 is 0 Å². The zero-order valence-electron chi connectivity index (χ0n) is 20.5. The summed E-state index contributed by atoms with van der Waals surface area (Å²) in [6.45, 7) is 7.00. The molecule has 3 heterocycles. The van der Waals surface area contributed by atoms with Gasteiger partial charge >= 0.3 is 0 Å². The highest BCUT2D eigenvalue weighted by Crippen LogP contribution is 2.31. The van der Waals surface area contributed by atoms with Crippen LogP contribution in [-0.2, 0) is 24.4 Å². The lowest BCUT2D eigenvalue weighted by molar-refractivity contribution is -0.124. The fourth-order valence-electron chi connectivity index (χ4n) is 4.28. The van der Waals surface area contributed by atoms with E-state index in [1.807, 2.05) is 31.7 Å². The van der Waals surface area contributed by atoms with E-state index in [2.05, 4.69) is 15.6 Å². The van der Waals surface area contributed by atoms with Crippen molar-refractivity contribution >= 4 is 11.8 Å². The van der Waals surface area contributed by atoms with Crippen LogP contribution in [0.1, 0.15) is 42.7 Å². The molecule has 0 spiro atoms. The SMILES string of the molecule is CNC(=O)C(NC(=O)c1nc(-c2cc(F)c(F)cc2F)n2c1CN(Cc1ccco1)CC2)C(C)(C)C. The Hall–Kier alpha value is -3.60.